The maximum absolute atomic E-state index is 13.7. The number of sulfonamides is 1. The fourth-order valence-electron chi connectivity index (χ4n) is 9.44. The van der Waals surface area contributed by atoms with Crippen LogP contribution in [0.15, 0.2) is 54.7 Å². The van der Waals surface area contributed by atoms with E-state index in [0.29, 0.717) is 47.6 Å². The van der Waals surface area contributed by atoms with E-state index in [4.69, 9.17) is 21.1 Å². The Labute approximate surface area is 395 Å². The summed E-state index contributed by atoms with van der Waals surface area (Å²) >= 11 is 6.52. The molecule has 67 heavy (non-hydrogen) atoms. The van der Waals surface area contributed by atoms with E-state index in [0.717, 1.165) is 74.2 Å². The molecule has 1 atom stereocenters. The second-order valence-electron chi connectivity index (χ2n) is 17.1. The lowest BCUT2D eigenvalue weighted by atomic mass is 9.99. The van der Waals surface area contributed by atoms with Crippen molar-refractivity contribution in [1.82, 2.24) is 30.0 Å². The van der Waals surface area contributed by atoms with Gasteiger partial charge in [-0.2, -0.15) is 4.98 Å². The molecule has 3 saturated heterocycles. The standard InChI is InChI=1S/C46H56ClN11O8S/c1-6-28-23-34(50-46-48-25-32(47)43(52-46)49-33-10-8-12-38(65-3)42(33)53-67(5,63)64)39(66-4)24-37(28)56-17-15-29(16-18-56)55-19-21-57(22-20-55)41(60)27-54(2)35-11-7-9-30-31(35)26-58(45(30)62)36-13-14-40(59)51-44(36)61/h7-12,23-25,29,36,53H,6,13-22,26-27H2,1-5H3,(H,51,59,61)(H2,48,49,50,52). The number of imide groups is 1. The number of carbonyl (C=O) groups is 4. The zero-order chi connectivity index (χ0) is 47.6. The first-order chi connectivity index (χ1) is 32.1. The monoisotopic (exact) mass is 957 g/mol. The highest BCUT2D eigenvalue weighted by Crippen LogP contribution is 2.39. The lowest BCUT2D eigenvalue weighted by molar-refractivity contribution is -0.137. The number of ether oxygens (including phenoxy) is 2. The Morgan fingerprint density at radius 2 is 1.67 bits per heavy atom. The van der Waals surface area contributed by atoms with Crippen LogP contribution in [0.5, 0.6) is 11.5 Å². The van der Waals surface area contributed by atoms with Gasteiger partial charge in [-0.05, 0) is 61.6 Å². The molecule has 0 spiro atoms. The van der Waals surface area contributed by atoms with E-state index in [1.807, 2.05) is 29.0 Å². The summed E-state index contributed by atoms with van der Waals surface area (Å²) in [6, 6.07) is 14.3. The highest BCUT2D eigenvalue weighted by molar-refractivity contribution is 7.92. The van der Waals surface area contributed by atoms with Crippen molar-refractivity contribution in [3.63, 3.8) is 0 Å². The number of piperidine rings is 2. The first-order valence-corrected chi connectivity index (χ1v) is 24.6. The quantitative estimate of drug-likeness (QED) is 0.120. The minimum absolute atomic E-state index is 0.0194. The van der Waals surface area contributed by atoms with Gasteiger partial charge in [0, 0.05) is 93.9 Å². The lowest BCUT2D eigenvalue weighted by Crippen LogP contribution is -2.55. The number of hydrogen-bond acceptors (Lipinski definition) is 15. The van der Waals surface area contributed by atoms with Crippen molar-refractivity contribution in [3.8, 4) is 11.5 Å². The number of fused-ring (bicyclic) bond motifs is 1. The van der Waals surface area contributed by atoms with Gasteiger partial charge in [0.05, 0.1) is 44.6 Å². The number of nitrogens with one attached hydrogen (secondary N) is 4. The van der Waals surface area contributed by atoms with E-state index in [-0.39, 0.29) is 66.1 Å². The van der Waals surface area contributed by atoms with Crippen LogP contribution in [-0.4, -0.2) is 142 Å². The smallest absolute Gasteiger partial charge is 0.255 e. The Bertz CT molecular complexity index is 2670. The number of aromatic nitrogens is 2. The van der Waals surface area contributed by atoms with Gasteiger partial charge in [0.2, 0.25) is 33.7 Å². The number of rotatable bonds is 15. The molecule has 0 aliphatic carbocycles. The number of hydrogen-bond donors (Lipinski definition) is 4. The van der Waals surface area contributed by atoms with Crippen LogP contribution >= 0.6 is 11.6 Å². The minimum Gasteiger partial charge on any atom is -0.494 e. The summed E-state index contributed by atoms with van der Waals surface area (Å²) < 4.78 is 38.1. The van der Waals surface area contributed by atoms with Gasteiger partial charge in [0.1, 0.15) is 28.3 Å². The molecule has 0 bridgehead atoms. The Morgan fingerprint density at radius 3 is 2.36 bits per heavy atom. The summed E-state index contributed by atoms with van der Waals surface area (Å²) in [6.45, 7) is 7.06. The molecule has 4 amide bonds. The Kier molecular flexibility index (Phi) is 14.0. The van der Waals surface area contributed by atoms with Gasteiger partial charge in [-0.3, -0.25) is 34.1 Å². The number of aryl methyl sites for hydroxylation is 1. The number of halogens is 1. The third kappa shape index (κ3) is 10.3. The van der Waals surface area contributed by atoms with Gasteiger partial charge >= 0.3 is 0 Å². The highest BCUT2D eigenvalue weighted by Gasteiger charge is 2.40. The predicted octanol–water partition coefficient (Wildman–Crippen LogP) is 4.58. The number of methoxy groups -OCH3 is 2. The summed E-state index contributed by atoms with van der Waals surface area (Å²) in [6.07, 6.45) is 5.70. The van der Waals surface area contributed by atoms with Crippen LogP contribution < -0.4 is 39.9 Å². The van der Waals surface area contributed by atoms with E-state index < -0.39 is 22.0 Å². The van der Waals surface area contributed by atoms with Crippen LogP contribution in [0.1, 0.15) is 54.1 Å². The number of anilines is 7. The number of piperazine rings is 1. The van der Waals surface area contributed by atoms with Gasteiger partial charge in [-0.25, -0.2) is 13.4 Å². The first kappa shape index (κ1) is 47.1. The molecule has 1 unspecified atom stereocenters. The number of carbonyl (C=O) groups excluding carboxylic acids is 4. The van der Waals surface area contributed by atoms with Crippen molar-refractivity contribution < 1.29 is 37.1 Å². The molecule has 1 aromatic heterocycles. The van der Waals surface area contributed by atoms with Crippen LogP contribution in [0.3, 0.4) is 0 Å². The minimum atomic E-state index is -3.64. The SMILES string of the molecule is CCc1cc(Nc2ncc(Cl)c(Nc3cccc(OC)c3NS(C)(=O)=O)n2)c(OC)cc1N1CCC(N2CCN(C(=O)CN(C)c3cccc4c3CN(C3CCC(=O)NC3=O)C4=O)CC2)CC1. The van der Waals surface area contributed by atoms with Crippen LogP contribution in [-0.2, 0) is 37.4 Å². The molecular weight excluding hydrogens is 902 g/mol. The predicted molar refractivity (Wildman–Crippen MR) is 257 cm³/mol. The molecule has 5 heterocycles. The average molecular weight is 959 g/mol. The Hall–Kier alpha value is -6.38. The van der Waals surface area contributed by atoms with Gasteiger partial charge in [-0.15, -0.1) is 0 Å². The van der Waals surface area contributed by atoms with E-state index in [9.17, 15) is 27.6 Å². The third-order valence-corrected chi connectivity index (χ3v) is 13.7. The summed E-state index contributed by atoms with van der Waals surface area (Å²) in [4.78, 5) is 70.6. The van der Waals surface area contributed by atoms with Crippen molar-refractivity contribution in [1.29, 1.82) is 0 Å². The maximum atomic E-state index is 13.7. The topological polar surface area (TPSA) is 211 Å². The molecule has 8 rings (SSSR count). The fraction of sp³-hybridized carbons (Fsp3) is 0.435. The summed E-state index contributed by atoms with van der Waals surface area (Å²) in [5.74, 6) is 0.407. The number of amides is 4. The number of likely N-dealkylation sites (N-methyl/N-ethyl adjacent to an activating group) is 1. The molecule has 21 heteroatoms. The van der Waals surface area contributed by atoms with Crippen molar-refractivity contribution in [2.45, 2.75) is 57.7 Å². The average Bonchev–Trinajstić information content (AvgIpc) is 3.65. The Balaban J connectivity index is 0.857. The van der Waals surface area contributed by atoms with E-state index in [1.54, 1.807) is 37.4 Å². The highest BCUT2D eigenvalue weighted by atomic mass is 35.5. The molecule has 4 aliphatic heterocycles. The summed E-state index contributed by atoms with van der Waals surface area (Å²) in [5.41, 5.74) is 5.56. The number of nitrogens with zero attached hydrogens (tertiary/aromatic N) is 7. The van der Waals surface area contributed by atoms with Gasteiger partial charge in [0.25, 0.3) is 5.91 Å². The van der Waals surface area contributed by atoms with Gasteiger partial charge in [0.15, 0.2) is 5.82 Å². The maximum Gasteiger partial charge on any atom is 0.255 e. The van der Waals surface area contributed by atoms with Crippen molar-refractivity contribution in [3.05, 3.63) is 76.4 Å². The summed E-state index contributed by atoms with van der Waals surface area (Å²) in [7, 11) is 1.28. The second-order valence-corrected chi connectivity index (χ2v) is 19.3. The molecule has 0 radical (unpaired) electrons. The summed E-state index contributed by atoms with van der Waals surface area (Å²) in [5, 5.41) is 8.98. The zero-order valence-corrected chi connectivity index (χ0v) is 39.8. The van der Waals surface area contributed by atoms with Crippen LogP contribution in [0.25, 0.3) is 0 Å². The Morgan fingerprint density at radius 1 is 0.940 bits per heavy atom. The van der Waals surface area contributed by atoms with Crippen LogP contribution in [0.4, 0.5) is 40.2 Å². The number of para-hydroxylation sites is 1. The molecule has 3 fully saturated rings. The van der Waals surface area contributed by atoms with Crippen molar-refractivity contribution in [2.75, 3.05) is 98.5 Å². The molecule has 19 nitrogen and oxygen atoms in total. The molecule has 4 aromatic rings. The molecule has 356 valence electrons. The van der Waals surface area contributed by atoms with Crippen molar-refractivity contribution in [2.24, 2.45) is 0 Å². The molecule has 4 aliphatic rings. The van der Waals surface area contributed by atoms with E-state index in [2.05, 4.69) is 53.4 Å². The third-order valence-electron chi connectivity index (χ3n) is 12.9. The normalized spacial score (nSPS) is 18.1. The number of benzene rings is 3. The second kappa shape index (κ2) is 19.8. The fourth-order valence-corrected chi connectivity index (χ4v) is 10.2. The van der Waals surface area contributed by atoms with Crippen molar-refractivity contribution >= 4 is 85.5 Å². The van der Waals surface area contributed by atoms with Gasteiger partial charge < -0.3 is 39.7 Å². The molecule has 3 aromatic carbocycles. The largest absolute Gasteiger partial charge is 0.494 e. The molecule has 0 saturated carbocycles. The van der Waals surface area contributed by atoms with E-state index >= 15 is 0 Å². The van der Waals surface area contributed by atoms with E-state index in [1.165, 1.54) is 18.2 Å². The van der Waals surface area contributed by atoms with Crippen LogP contribution in [0.2, 0.25) is 5.02 Å². The van der Waals surface area contributed by atoms with Crippen LogP contribution in [0, 0.1) is 0 Å². The first-order valence-electron chi connectivity index (χ1n) is 22.3. The molecular formula is C46H56ClN11O8S. The lowest BCUT2D eigenvalue weighted by Gasteiger charge is -2.43. The zero-order valence-electron chi connectivity index (χ0n) is 38.2. The molecule has 4 N–H and O–H groups in total. The van der Waals surface area contributed by atoms with Gasteiger partial charge in [-0.1, -0.05) is 30.7 Å².